The maximum atomic E-state index is 6.29. The van der Waals surface area contributed by atoms with E-state index in [2.05, 4.69) is 19.3 Å². The van der Waals surface area contributed by atoms with E-state index >= 15 is 0 Å². The fourth-order valence-electron chi connectivity index (χ4n) is 2.13. The number of halogens is 2. The van der Waals surface area contributed by atoms with Crippen molar-refractivity contribution in [1.82, 2.24) is 5.43 Å². The summed E-state index contributed by atoms with van der Waals surface area (Å²) in [6.45, 7) is 4.55. The zero-order valence-electron chi connectivity index (χ0n) is 10.9. The molecule has 0 aromatic heterocycles. The first-order chi connectivity index (χ1) is 9.02. The molecule has 6 heteroatoms. The second-order valence-electron chi connectivity index (χ2n) is 4.73. The van der Waals surface area contributed by atoms with Crippen LogP contribution in [0, 0.1) is 0 Å². The summed E-state index contributed by atoms with van der Waals surface area (Å²) in [6.07, 6.45) is 0. The summed E-state index contributed by atoms with van der Waals surface area (Å²) in [5.74, 6) is 6.83. The van der Waals surface area contributed by atoms with Crippen LogP contribution in [0.4, 0.5) is 0 Å². The van der Waals surface area contributed by atoms with Gasteiger partial charge in [-0.2, -0.15) is 23.5 Å². The monoisotopic (exact) mass is 336 g/mol. The van der Waals surface area contributed by atoms with E-state index in [4.69, 9.17) is 29.0 Å². The van der Waals surface area contributed by atoms with Gasteiger partial charge in [0.05, 0.1) is 6.04 Å². The van der Waals surface area contributed by atoms with E-state index in [1.54, 1.807) is 6.07 Å². The maximum absolute atomic E-state index is 6.29. The number of benzene rings is 1. The average molecular weight is 337 g/mol. The number of hydrogen-bond donors (Lipinski definition) is 2. The van der Waals surface area contributed by atoms with Crippen LogP contribution in [0.15, 0.2) is 18.2 Å². The van der Waals surface area contributed by atoms with E-state index in [1.165, 1.54) is 0 Å². The third kappa shape index (κ3) is 3.74. The molecular weight excluding hydrogens is 319 g/mol. The van der Waals surface area contributed by atoms with Gasteiger partial charge in [0.1, 0.15) is 0 Å². The fourth-order valence-corrected chi connectivity index (χ4v) is 5.75. The zero-order valence-corrected chi connectivity index (χ0v) is 14.0. The smallest absolute Gasteiger partial charge is 0.0601 e. The van der Waals surface area contributed by atoms with Gasteiger partial charge >= 0.3 is 0 Å². The van der Waals surface area contributed by atoms with Crippen LogP contribution in [-0.2, 0) is 0 Å². The van der Waals surface area contributed by atoms with Crippen molar-refractivity contribution in [2.75, 3.05) is 5.75 Å². The molecule has 1 heterocycles. The van der Waals surface area contributed by atoms with E-state index in [0.29, 0.717) is 25.8 Å². The number of hydrazine groups is 1. The summed E-state index contributed by atoms with van der Waals surface area (Å²) in [5, 5.41) is 3.04. The van der Waals surface area contributed by atoms with Crippen LogP contribution in [0.25, 0.3) is 0 Å². The molecule has 0 radical (unpaired) electrons. The number of thioether (sulfide) groups is 2. The van der Waals surface area contributed by atoms with Crippen LogP contribution in [0.1, 0.15) is 25.5 Å². The van der Waals surface area contributed by atoms with Gasteiger partial charge in [-0.25, -0.2) is 0 Å². The minimum Gasteiger partial charge on any atom is -0.271 e. The van der Waals surface area contributed by atoms with Gasteiger partial charge in [-0.15, -0.1) is 0 Å². The van der Waals surface area contributed by atoms with Crippen molar-refractivity contribution in [2.24, 2.45) is 5.84 Å². The molecule has 0 aliphatic carbocycles. The second-order valence-corrected chi connectivity index (χ2v) is 8.60. The van der Waals surface area contributed by atoms with Gasteiger partial charge in [-0.05, 0) is 17.7 Å². The Morgan fingerprint density at radius 3 is 2.63 bits per heavy atom. The lowest BCUT2D eigenvalue weighted by atomic mass is 10.0. The lowest BCUT2D eigenvalue weighted by Gasteiger charge is -2.36. The zero-order chi connectivity index (χ0) is 14.0. The van der Waals surface area contributed by atoms with Gasteiger partial charge in [-0.1, -0.05) is 43.1 Å². The Hall–Kier alpha value is 0.420. The minimum absolute atomic E-state index is 0.0530. The van der Waals surface area contributed by atoms with Crippen molar-refractivity contribution in [1.29, 1.82) is 0 Å². The summed E-state index contributed by atoms with van der Waals surface area (Å²) >= 11 is 16.2. The predicted octanol–water partition coefficient (Wildman–Crippen LogP) is 4.12. The highest BCUT2D eigenvalue weighted by Gasteiger charge is 2.32. The maximum Gasteiger partial charge on any atom is 0.0601 e. The van der Waals surface area contributed by atoms with Gasteiger partial charge in [0.2, 0.25) is 0 Å². The van der Waals surface area contributed by atoms with Crippen molar-refractivity contribution in [3.8, 4) is 0 Å². The van der Waals surface area contributed by atoms with Crippen molar-refractivity contribution < 1.29 is 0 Å². The Morgan fingerprint density at radius 2 is 2.05 bits per heavy atom. The Bertz CT molecular complexity index is 445. The van der Waals surface area contributed by atoms with Crippen LogP contribution in [0.3, 0.4) is 0 Å². The van der Waals surface area contributed by atoms with E-state index in [9.17, 15) is 0 Å². The number of hydrogen-bond acceptors (Lipinski definition) is 4. The summed E-state index contributed by atoms with van der Waals surface area (Å²) in [7, 11) is 0. The standard InChI is InChI=1S/C13H18Cl2N2S2/c1-7-8(2)19-12(6-18-7)13(17-16)10-4-3-9(14)5-11(10)15/h3-5,7-8,12-13,17H,6,16H2,1-2H3. The van der Waals surface area contributed by atoms with E-state index < -0.39 is 0 Å². The molecule has 2 rings (SSSR count). The van der Waals surface area contributed by atoms with Crippen LogP contribution >= 0.6 is 46.7 Å². The van der Waals surface area contributed by atoms with Crippen molar-refractivity contribution >= 4 is 46.7 Å². The lowest BCUT2D eigenvalue weighted by molar-refractivity contribution is 0.550. The van der Waals surface area contributed by atoms with Crippen LogP contribution in [0.2, 0.25) is 10.0 Å². The van der Waals surface area contributed by atoms with Crippen molar-refractivity contribution in [3.05, 3.63) is 33.8 Å². The third-order valence-corrected chi connectivity index (χ3v) is 7.48. The Labute approximate surface area is 133 Å². The van der Waals surface area contributed by atoms with E-state index in [0.717, 1.165) is 11.3 Å². The molecule has 106 valence electrons. The van der Waals surface area contributed by atoms with Crippen LogP contribution in [-0.4, -0.2) is 21.5 Å². The summed E-state index contributed by atoms with van der Waals surface area (Å²) in [4.78, 5) is 0. The largest absolute Gasteiger partial charge is 0.271 e. The van der Waals surface area contributed by atoms with Crippen LogP contribution in [0.5, 0.6) is 0 Å². The molecule has 1 saturated heterocycles. The molecule has 0 amide bonds. The minimum atomic E-state index is 0.0530. The molecule has 4 unspecified atom stereocenters. The first-order valence-corrected chi connectivity index (χ1v) is 8.95. The van der Waals surface area contributed by atoms with Crippen molar-refractivity contribution in [3.63, 3.8) is 0 Å². The quantitative estimate of drug-likeness (QED) is 0.643. The Balaban J connectivity index is 2.20. The summed E-state index contributed by atoms with van der Waals surface area (Å²) in [6, 6.07) is 5.65. The number of rotatable bonds is 3. The molecule has 1 fully saturated rings. The summed E-state index contributed by atoms with van der Waals surface area (Å²) in [5.41, 5.74) is 3.94. The first-order valence-electron chi connectivity index (χ1n) is 6.21. The molecule has 19 heavy (non-hydrogen) atoms. The average Bonchev–Trinajstić information content (AvgIpc) is 2.37. The first kappa shape index (κ1) is 15.8. The molecule has 1 aliphatic rings. The third-order valence-electron chi connectivity index (χ3n) is 3.42. The molecule has 4 atom stereocenters. The van der Waals surface area contributed by atoms with E-state index in [-0.39, 0.29) is 6.04 Å². The molecule has 0 bridgehead atoms. The van der Waals surface area contributed by atoms with E-state index in [1.807, 2.05) is 35.7 Å². The highest BCUT2D eigenvalue weighted by Crippen LogP contribution is 2.42. The summed E-state index contributed by atoms with van der Waals surface area (Å²) < 4.78 is 0. The molecular formula is C13H18Cl2N2S2. The highest BCUT2D eigenvalue weighted by atomic mass is 35.5. The topological polar surface area (TPSA) is 38.0 Å². The van der Waals surface area contributed by atoms with Gasteiger partial charge in [0, 0.05) is 31.5 Å². The molecule has 1 aromatic carbocycles. The molecule has 0 saturated carbocycles. The molecule has 3 N–H and O–H groups in total. The Kier molecular flexibility index (Phi) is 5.76. The molecule has 1 aromatic rings. The molecule has 0 spiro atoms. The molecule has 1 aliphatic heterocycles. The van der Waals surface area contributed by atoms with Gasteiger partial charge < -0.3 is 0 Å². The Morgan fingerprint density at radius 1 is 1.32 bits per heavy atom. The van der Waals surface area contributed by atoms with Gasteiger partial charge in [0.15, 0.2) is 0 Å². The fraction of sp³-hybridized carbons (Fsp3) is 0.538. The molecule has 2 nitrogen and oxygen atoms in total. The van der Waals surface area contributed by atoms with Gasteiger partial charge in [-0.3, -0.25) is 11.3 Å². The predicted molar refractivity (Wildman–Crippen MR) is 89.3 cm³/mol. The number of nitrogens with two attached hydrogens (primary N) is 1. The SMILES string of the molecule is CC1SCC(C(NN)c2ccc(Cl)cc2Cl)SC1C. The van der Waals surface area contributed by atoms with Gasteiger partial charge in [0.25, 0.3) is 0 Å². The number of nitrogens with one attached hydrogen (secondary N) is 1. The van der Waals surface area contributed by atoms with Crippen LogP contribution < -0.4 is 11.3 Å². The second kappa shape index (κ2) is 6.92. The normalized spacial score (nSPS) is 29.2. The van der Waals surface area contributed by atoms with Crippen molar-refractivity contribution in [2.45, 2.75) is 35.6 Å². The lowest BCUT2D eigenvalue weighted by Crippen LogP contribution is -2.40. The highest BCUT2D eigenvalue weighted by molar-refractivity contribution is 8.07.